The zero-order valence-electron chi connectivity index (χ0n) is 28.9. The van der Waals surface area contributed by atoms with Gasteiger partial charge in [-0.05, 0) is 83.6 Å². The number of hydrogen-bond donors (Lipinski definition) is 0. The van der Waals surface area contributed by atoms with Gasteiger partial charge in [0.1, 0.15) is 0 Å². The Bertz CT molecular complexity index is 2260. The first kappa shape index (κ1) is 29.8. The molecule has 0 bridgehead atoms. The molecule has 0 amide bonds. The molecule has 2 aliphatic carbocycles. The molecule has 0 aliphatic heterocycles. The summed E-state index contributed by atoms with van der Waals surface area (Å²) in [5.41, 5.74) is 13.6. The maximum absolute atomic E-state index is 2.60. The van der Waals surface area contributed by atoms with Crippen LogP contribution in [0.25, 0.3) is 66.1 Å². The van der Waals surface area contributed by atoms with Gasteiger partial charge in [0, 0.05) is 38.3 Å². The van der Waals surface area contributed by atoms with Gasteiger partial charge in [0.2, 0.25) is 0 Å². The molecular weight excluding hydrogens is 605 g/mol. The number of para-hydroxylation sites is 4. The zero-order chi connectivity index (χ0) is 33.1. The van der Waals surface area contributed by atoms with E-state index in [9.17, 15) is 0 Å². The van der Waals surface area contributed by atoms with Gasteiger partial charge in [-0.25, -0.2) is 0 Å². The molecule has 2 aromatic heterocycles. The van der Waals surface area contributed by atoms with Crippen LogP contribution in [0, 0.1) is 0 Å². The van der Waals surface area contributed by atoms with Crippen LogP contribution in [0.2, 0.25) is 0 Å². The van der Waals surface area contributed by atoms with Crippen molar-refractivity contribution in [1.29, 1.82) is 0 Å². The molecule has 0 unspecified atom stereocenters. The summed E-state index contributed by atoms with van der Waals surface area (Å²) in [6.07, 6.45) is 14.5. The minimum absolute atomic E-state index is 0.00654. The number of fused-ring (bicyclic) bond motifs is 11. The molecule has 2 aliphatic rings. The van der Waals surface area contributed by atoms with E-state index in [1.165, 1.54) is 137 Å². The highest BCUT2D eigenvalue weighted by Crippen LogP contribution is 2.55. The molecule has 0 radical (unpaired) electrons. The first-order valence-corrected chi connectivity index (χ1v) is 19.1. The summed E-state index contributed by atoms with van der Waals surface area (Å²) in [6, 6.07) is 50.6. The number of rotatable bonds is 2. The zero-order valence-corrected chi connectivity index (χ0v) is 28.9. The lowest BCUT2D eigenvalue weighted by molar-refractivity contribution is 0.390. The summed E-state index contributed by atoms with van der Waals surface area (Å²) in [7, 11) is 0. The molecule has 0 saturated heterocycles. The highest BCUT2D eigenvalue weighted by Gasteiger charge is 2.43. The van der Waals surface area contributed by atoms with Crippen LogP contribution in [0.15, 0.2) is 133 Å². The molecule has 2 heterocycles. The summed E-state index contributed by atoms with van der Waals surface area (Å²) in [6.45, 7) is 0. The lowest BCUT2D eigenvalue weighted by Crippen LogP contribution is -2.26. The fourth-order valence-electron chi connectivity index (χ4n) is 9.91. The van der Waals surface area contributed by atoms with Crippen molar-refractivity contribution in [3.8, 4) is 22.5 Å². The summed E-state index contributed by atoms with van der Waals surface area (Å²) in [5.74, 6) is 0. The van der Waals surface area contributed by atoms with Crippen molar-refractivity contribution in [2.75, 3.05) is 0 Å². The van der Waals surface area contributed by atoms with E-state index in [2.05, 4.69) is 143 Å². The van der Waals surface area contributed by atoms with Crippen molar-refractivity contribution in [1.82, 2.24) is 9.13 Å². The highest BCUT2D eigenvalue weighted by atomic mass is 15.0. The average Bonchev–Trinajstić information content (AvgIpc) is 3.77. The fraction of sp³-hybridized carbons (Fsp3) is 0.250. The van der Waals surface area contributed by atoms with E-state index >= 15 is 0 Å². The Morgan fingerprint density at radius 2 is 0.660 bits per heavy atom. The summed E-state index contributed by atoms with van der Waals surface area (Å²) in [4.78, 5) is 0. The molecule has 246 valence electrons. The van der Waals surface area contributed by atoms with Crippen molar-refractivity contribution in [2.24, 2.45) is 0 Å². The summed E-state index contributed by atoms with van der Waals surface area (Å²) in [5, 5.41) is 5.29. The highest BCUT2D eigenvalue weighted by molar-refractivity contribution is 6.10. The lowest BCUT2D eigenvalue weighted by atomic mass is 9.70. The van der Waals surface area contributed by atoms with Crippen molar-refractivity contribution >= 4 is 43.6 Å². The Balaban J connectivity index is 1.20. The Morgan fingerprint density at radius 1 is 0.340 bits per heavy atom. The molecule has 0 N–H and O–H groups in total. The van der Waals surface area contributed by atoms with Crippen LogP contribution in [-0.4, -0.2) is 9.13 Å². The van der Waals surface area contributed by atoms with Gasteiger partial charge in [0.25, 0.3) is 0 Å². The Hall–Kier alpha value is -5.08. The van der Waals surface area contributed by atoms with Crippen LogP contribution in [0.4, 0.5) is 0 Å². The fourth-order valence-corrected chi connectivity index (χ4v) is 9.91. The maximum atomic E-state index is 2.60. The van der Waals surface area contributed by atoms with Gasteiger partial charge in [0.05, 0.1) is 22.1 Å². The normalized spacial score (nSPS) is 16.5. The van der Waals surface area contributed by atoms with E-state index in [-0.39, 0.29) is 5.41 Å². The molecule has 10 rings (SSSR count). The molecule has 50 heavy (non-hydrogen) atoms. The van der Waals surface area contributed by atoms with Crippen LogP contribution < -0.4 is 0 Å². The summed E-state index contributed by atoms with van der Waals surface area (Å²) < 4.78 is 5.03. The molecule has 1 spiro atoms. The molecule has 2 heteroatoms. The van der Waals surface area contributed by atoms with Crippen LogP contribution in [0.3, 0.4) is 0 Å². The lowest BCUT2D eigenvalue weighted by Gasteiger charge is -2.34. The number of hydrogen-bond acceptors (Lipinski definition) is 0. The van der Waals surface area contributed by atoms with Crippen LogP contribution in [0.1, 0.15) is 81.8 Å². The third-order valence-corrected chi connectivity index (χ3v) is 12.2. The Morgan fingerprint density at radius 3 is 1.02 bits per heavy atom. The molecule has 2 nitrogen and oxygen atoms in total. The minimum Gasteiger partial charge on any atom is -0.309 e. The quantitative estimate of drug-likeness (QED) is 0.177. The van der Waals surface area contributed by atoms with Gasteiger partial charge < -0.3 is 9.13 Å². The van der Waals surface area contributed by atoms with Crippen molar-refractivity contribution < 1.29 is 0 Å². The van der Waals surface area contributed by atoms with E-state index < -0.39 is 0 Å². The minimum atomic E-state index is -0.00654. The Labute approximate surface area is 295 Å². The second kappa shape index (κ2) is 12.1. The van der Waals surface area contributed by atoms with Gasteiger partial charge in [-0.15, -0.1) is 0 Å². The van der Waals surface area contributed by atoms with Gasteiger partial charge in [0.15, 0.2) is 0 Å². The maximum Gasteiger partial charge on any atom is 0.0541 e. The average molecular weight is 649 g/mol. The van der Waals surface area contributed by atoms with E-state index in [1.807, 2.05) is 0 Å². The first-order valence-electron chi connectivity index (χ1n) is 19.1. The third kappa shape index (κ3) is 4.54. The van der Waals surface area contributed by atoms with E-state index in [0.29, 0.717) is 0 Å². The topological polar surface area (TPSA) is 9.86 Å². The van der Waals surface area contributed by atoms with Crippen LogP contribution in [0.5, 0.6) is 0 Å². The second-order valence-corrected chi connectivity index (χ2v) is 15.0. The van der Waals surface area contributed by atoms with Crippen molar-refractivity contribution in [2.45, 2.75) is 76.0 Å². The monoisotopic (exact) mass is 648 g/mol. The van der Waals surface area contributed by atoms with E-state index in [0.717, 1.165) is 0 Å². The van der Waals surface area contributed by atoms with Crippen molar-refractivity contribution in [3.63, 3.8) is 0 Å². The second-order valence-electron chi connectivity index (χ2n) is 15.0. The molecule has 6 aromatic carbocycles. The number of aromatic nitrogens is 2. The third-order valence-electron chi connectivity index (χ3n) is 12.2. The van der Waals surface area contributed by atoms with Gasteiger partial charge in [-0.3, -0.25) is 0 Å². The van der Waals surface area contributed by atoms with Gasteiger partial charge in [-0.1, -0.05) is 143 Å². The van der Waals surface area contributed by atoms with Gasteiger partial charge in [-0.2, -0.15) is 0 Å². The number of nitrogens with zero attached hydrogens (tertiary/aromatic N) is 2. The Kier molecular flexibility index (Phi) is 7.19. The molecule has 1 saturated carbocycles. The van der Waals surface area contributed by atoms with Crippen molar-refractivity contribution in [3.05, 3.63) is 145 Å². The molecular formula is C48H44N2. The standard InChI is InChI=1S/C48H44N2/c1-2-4-6-16-30-48(31-17-7-5-3-1)42-32-34(49-44-22-12-8-18-38(44)39-19-9-13-23-45(39)49)26-28-36(42)37-29-27-35(33-43(37)48)50-46-24-14-10-20-40(46)41-21-11-15-25-47(41)50/h8-15,18-29,32-33H,1-7,16-17,30-31H2. The van der Waals surface area contributed by atoms with Gasteiger partial charge >= 0.3 is 0 Å². The predicted molar refractivity (Wildman–Crippen MR) is 212 cm³/mol. The molecule has 1 fully saturated rings. The van der Waals surface area contributed by atoms with E-state index in [4.69, 9.17) is 0 Å². The smallest absolute Gasteiger partial charge is 0.0541 e. The molecule has 8 aromatic rings. The van der Waals surface area contributed by atoms with Crippen LogP contribution in [-0.2, 0) is 5.41 Å². The molecule has 0 atom stereocenters. The number of benzene rings is 6. The van der Waals surface area contributed by atoms with E-state index in [1.54, 1.807) is 11.1 Å². The predicted octanol–water partition coefficient (Wildman–Crippen LogP) is 13.5. The first-order chi connectivity index (χ1) is 24.8. The van der Waals surface area contributed by atoms with Crippen LogP contribution >= 0.6 is 0 Å². The largest absolute Gasteiger partial charge is 0.309 e. The summed E-state index contributed by atoms with van der Waals surface area (Å²) >= 11 is 0. The SMILES string of the molecule is c1ccc2c(c1)c1ccccc1n2-c1ccc2c(c1)C1(CCCCCCCCCCC1)c1cc(-n3c4ccccc4c4ccccc43)ccc1-2.